The van der Waals surface area contributed by atoms with Gasteiger partial charge in [-0.25, -0.2) is 0 Å². The van der Waals surface area contributed by atoms with E-state index in [1.807, 2.05) is 63.2 Å². The van der Waals surface area contributed by atoms with Gasteiger partial charge in [-0.3, -0.25) is 4.79 Å². The molecule has 1 aromatic heterocycles. The summed E-state index contributed by atoms with van der Waals surface area (Å²) in [7, 11) is 0. The van der Waals surface area contributed by atoms with Crippen LogP contribution in [0.1, 0.15) is 33.0 Å². The average molecular weight is 335 g/mol. The number of amides is 1. The van der Waals surface area contributed by atoms with Crippen LogP contribution in [0.3, 0.4) is 0 Å². The van der Waals surface area contributed by atoms with Crippen LogP contribution in [0.2, 0.25) is 0 Å². The number of ether oxygens (including phenoxy) is 1. The molecule has 4 nitrogen and oxygen atoms in total. The van der Waals surface area contributed by atoms with Crippen molar-refractivity contribution >= 4 is 11.6 Å². The van der Waals surface area contributed by atoms with Gasteiger partial charge in [0.15, 0.2) is 5.76 Å². The van der Waals surface area contributed by atoms with Crippen molar-refractivity contribution in [3.63, 3.8) is 0 Å². The van der Waals surface area contributed by atoms with Crippen molar-refractivity contribution in [1.29, 1.82) is 0 Å². The second kappa shape index (κ2) is 7.26. The third kappa shape index (κ3) is 4.10. The van der Waals surface area contributed by atoms with Crippen LogP contribution in [-0.4, -0.2) is 5.91 Å². The van der Waals surface area contributed by atoms with Gasteiger partial charge >= 0.3 is 0 Å². The van der Waals surface area contributed by atoms with Crippen molar-refractivity contribution in [2.24, 2.45) is 0 Å². The van der Waals surface area contributed by atoms with E-state index in [1.165, 1.54) is 5.56 Å². The third-order valence-corrected chi connectivity index (χ3v) is 4.01. The summed E-state index contributed by atoms with van der Waals surface area (Å²) < 4.78 is 11.3. The number of anilines is 1. The number of aryl methyl sites for hydroxylation is 3. The lowest BCUT2D eigenvalue weighted by Gasteiger charge is -2.10. The average Bonchev–Trinajstić information content (AvgIpc) is 3.07. The Hall–Kier alpha value is -3.01. The fourth-order valence-electron chi connectivity index (χ4n) is 2.55. The van der Waals surface area contributed by atoms with Crippen LogP contribution >= 0.6 is 0 Å². The molecule has 1 heterocycles. The fraction of sp³-hybridized carbons (Fsp3) is 0.190. The van der Waals surface area contributed by atoms with E-state index < -0.39 is 0 Å². The molecule has 0 aliphatic carbocycles. The molecule has 0 radical (unpaired) electrons. The molecule has 0 fully saturated rings. The second-order valence-electron chi connectivity index (χ2n) is 6.09. The normalized spacial score (nSPS) is 10.5. The van der Waals surface area contributed by atoms with Crippen molar-refractivity contribution in [3.8, 4) is 5.75 Å². The van der Waals surface area contributed by atoms with Gasteiger partial charge < -0.3 is 14.5 Å². The Morgan fingerprint density at radius 1 is 0.960 bits per heavy atom. The molecule has 25 heavy (non-hydrogen) atoms. The Bertz CT molecular complexity index is 858. The van der Waals surface area contributed by atoms with Crippen LogP contribution < -0.4 is 10.1 Å². The monoisotopic (exact) mass is 335 g/mol. The van der Waals surface area contributed by atoms with Crippen molar-refractivity contribution < 1.29 is 13.9 Å². The van der Waals surface area contributed by atoms with Crippen molar-refractivity contribution in [2.45, 2.75) is 27.4 Å². The second-order valence-corrected chi connectivity index (χ2v) is 6.09. The van der Waals surface area contributed by atoms with Crippen LogP contribution in [0, 0.1) is 20.8 Å². The Labute approximate surface area is 147 Å². The van der Waals surface area contributed by atoms with Gasteiger partial charge in [-0.2, -0.15) is 0 Å². The highest BCUT2D eigenvalue weighted by Gasteiger charge is 2.14. The number of nitrogens with one attached hydrogen (secondary N) is 1. The molecule has 0 saturated heterocycles. The van der Waals surface area contributed by atoms with E-state index in [9.17, 15) is 4.79 Å². The maximum atomic E-state index is 12.4. The molecule has 3 rings (SSSR count). The molecule has 0 saturated carbocycles. The topological polar surface area (TPSA) is 51.5 Å². The molecule has 3 aromatic rings. The summed E-state index contributed by atoms with van der Waals surface area (Å²) in [5.74, 6) is 1.37. The van der Waals surface area contributed by atoms with E-state index >= 15 is 0 Å². The van der Waals surface area contributed by atoms with Crippen molar-refractivity contribution in [2.75, 3.05) is 5.32 Å². The summed E-state index contributed by atoms with van der Waals surface area (Å²) in [6.07, 6.45) is 0. The number of rotatable bonds is 5. The van der Waals surface area contributed by atoms with Crippen LogP contribution in [0.5, 0.6) is 5.75 Å². The minimum atomic E-state index is -0.265. The molecular formula is C21H21NO3. The smallest absolute Gasteiger partial charge is 0.291 e. The quantitative estimate of drug-likeness (QED) is 0.711. The van der Waals surface area contributed by atoms with Gasteiger partial charge in [-0.15, -0.1) is 0 Å². The van der Waals surface area contributed by atoms with Crippen molar-refractivity contribution in [3.05, 3.63) is 82.8 Å². The zero-order chi connectivity index (χ0) is 17.8. The first kappa shape index (κ1) is 16.8. The summed E-state index contributed by atoms with van der Waals surface area (Å²) in [5.41, 5.74) is 4.03. The van der Waals surface area contributed by atoms with Gasteiger partial charge in [0.25, 0.3) is 5.91 Å². The number of benzene rings is 2. The Morgan fingerprint density at radius 2 is 1.64 bits per heavy atom. The molecule has 0 spiro atoms. The molecule has 4 heteroatoms. The van der Waals surface area contributed by atoms with Gasteiger partial charge in [-0.1, -0.05) is 35.9 Å². The van der Waals surface area contributed by atoms with Gasteiger partial charge in [0.1, 0.15) is 18.1 Å². The van der Waals surface area contributed by atoms with E-state index in [0.29, 0.717) is 5.76 Å². The first-order valence-corrected chi connectivity index (χ1v) is 8.18. The standard InChI is InChI=1S/C21H21NO3/c1-14-7-9-17(10-8-14)24-13-18-11-12-19(25-18)21(23)22-20-15(2)5-4-6-16(20)3/h4-12H,13H2,1-3H3,(H,22,23). The van der Waals surface area contributed by atoms with Gasteiger partial charge in [-0.05, 0) is 56.2 Å². The zero-order valence-corrected chi connectivity index (χ0v) is 14.6. The lowest BCUT2D eigenvalue weighted by Crippen LogP contribution is -2.13. The molecule has 0 aliphatic rings. The Morgan fingerprint density at radius 3 is 2.32 bits per heavy atom. The number of hydrogen-bond donors (Lipinski definition) is 1. The third-order valence-electron chi connectivity index (χ3n) is 4.01. The zero-order valence-electron chi connectivity index (χ0n) is 14.6. The first-order valence-electron chi connectivity index (χ1n) is 8.18. The summed E-state index contributed by atoms with van der Waals surface area (Å²) in [4.78, 5) is 12.4. The van der Waals surface area contributed by atoms with Crippen LogP contribution in [-0.2, 0) is 6.61 Å². The van der Waals surface area contributed by atoms with Gasteiger partial charge in [0.2, 0.25) is 0 Å². The van der Waals surface area contributed by atoms with Crippen LogP contribution in [0.25, 0.3) is 0 Å². The van der Waals surface area contributed by atoms with Crippen LogP contribution in [0.15, 0.2) is 59.0 Å². The minimum absolute atomic E-state index is 0.265. The Kier molecular flexibility index (Phi) is 4.89. The van der Waals surface area contributed by atoms with E-state index in [0.717, 1.165) is 22.6 Å². The molecule has 0 bridgehead atoms. The fourth-order valence-corrected chi connectivity index (χ4v) is 2.55. The number of carbonyl (C=O) groups excluding carboxylic acids is 1. The van der Waals surface area contributed by atoms with E-state index in [4.69, 9.17) is 9.15 Å². The van der Waals surface area contributed by atoms with Gasteiger partial charge in [0, 0.05) is 5.69 Å². The summed E-state index contributed by atoms with van der Waals surface area (Å²) >= 11 is 0. The first-order chi connectivity index (χ1) is 12.0. The predicted octanol–water partition coefficient (Wildman–Crippen LogP) is 5.04. The highest BCUT2D eigenvalue weighted by molar-refractivity contribution is 6.03. The van der Waals surface area contributed by atoms with Crippen LogP contribution in [0.4, 0.5) is 5.69 Å². The number of carbonyl (C=O) groups is 1. The number of para-hydroxylation sites is 1. The molecule has 0 atom stereocenters. The maximum absolute atomic E-state index is 12.4. The molecule has 2 aromatic carbocycles. The SMILES string of the molecule is Cc1ccc(OCc2ccc(C(=O)Nc3c(C)cccc3C)o2)cc1. The highest BCUT2D eigenvalue weighted by Crippen LogP contribution is 2.21. The van der Waals surface area contributed by atoms with E-state index in [-0.39, 0.29) is 18.3 Å². The lowest BCUT2D eigenvalue weighted by molar-refractivity contribution is 0.0992. The molecule has 1 N–H and O–H groups in total. The summed E-state index contributed by atoms with van der Waals surface area (Å²) in [5, 5.41) is 2.91. The lowest BCUT2D eigenvalue weighted by atomic mass is 10.1. The van der Waals surface area contributed by atoms with Crippen molar-refractivity contribution in [1.82, 2.24) is 0 Å². The largest absolute Gasteiger partial charge is 0.486 e. The maximum Gasteiger partial charge on any atom is 0.291 e. The molecule has 0 unspecified atom stereocenters. The summed E-state index contributed by atoms with van der Waals surface area (Å²) in [6, 6.07) is 17.1. The van der Waals surface area contributed by atoms with E-state index in [2.05, 4.69) is 5.32 Å². The molecule has 1 amide bonds. The molecule has 0 aliphatic heterocycles. The Balaban J connectivity index is 1.64. The number of furan rings is 1. The van der Waals surface area contributed by atoms with E-state index in [1.54, 1.807) is 12.1 Å². The molecule has 128 valence electrons. The predicted molar refractivity (Wildman–Crippen MR) is 98.1 cm³/mol. The van der Waals surface area contributed by atoms with Gasteiger partial charge in [0.05, 0.1) is 0 Å². The number of hydrogen-bond acceptors (Lipinski definition) is 3. The highest BCUT2D eigenvalue weighted by atomic mass is 16.5. The minimum Gasteiger partial charge on any atom is -0.486 e. The molecular weight excluding hydrogens is 314 g/mol. The summed E-state index contributed by atoms with van der Waals surface area (Å²) in [6.45, 7) is 6.23.